The van der Waals surface area contributed by atoms with Crippen LogP contribution in [0.25, 0.3) is 11.3 Å². The minimum absolute atomic E-state index is 0.229. The smallest absolute Gasteiger partial charge is 0.409 e. The summed E-state index contributed by atoms with van der Waals surface area (Å²) in [7, 11) is 1.70. The van der Waals surface area contributed by atoms with Gasteiger partial charge in [-0.25, -0.2) is 14.8 Å². The minimum atomic E-state index is -0.399. The van der Waals surface area contributed by atoms with E-state index in [4.69, 9.17) is 19.2 Å². The molecule has 3 heterocycles. The molecule has 202 valence electrons. The SMILES string of the molecule is CCOc1ncccc1-c1ccc(N2CCNC[C@H]2CC)c(OCCN(C)C(=O)OCc2ccccc2)n1. The van der Waals surface area contributed by atoms with Gasteiger partial charge in [0.15, 0.2) is 0 Å². The van der Waals surface area contributed by atoms with Crippen LogP contribution in [0.4, 0.5) is 10.5 Å². The highest BCUT2D eigenvalue weighted by atomic mass is 16.6. The molecule has 0 radical (unpaired) electrons. The fraction of sp³-hybridized carbons (Fsp3) is 0.414. The van der Waals surface area contributed by atoms with E-state index in [-0.39, 0.29) is 13.2 Å². The lowest BCUT2D eigenvalue weighted by Gasteiger charge is -2.38. The Morgan fingerprint density at radius 2 is 1.92 bits per heavy atom. The van der Waals surface area contributed by atoms with Gasteiger partial charge >= 0.3 is 6.09 Å². The van der Waals surface area contributed by atoms with Crippen LogP contribution in [0, 0.1) is 0 Å². The molecule has 9 heteroatoms. The highest BCUT2D eigenvalue weighted by Gasteiger charge is 2.25. The van der Waals surface area contributed by atoms with E-state index in [2.05, 4.69) is 28.2 Å². The third-order valence-corrected chi connectivity index (χ3v) is 6.48. The maximum absolute atomic E-state index is 12.5. The predicted molar refractivity (Wildman–Crippen MR) is 148 cm³/mol. The molecule has 1 aromatic carbocycles. The van der Waals surface area contributed by atoms with E-state index in [9.17, 15) is 4.79 Å². The van der Waals surface area contributed by atoms with E-state index in [0.717, 1.165) is 48.6 Å². The zero-order chi connectivity index (χ0) is 26.7. The molecule has 1 fully saturated rings. The summed E-state index contributed by atoms with van der Waals surface area (Å²) in [4.78, 5) is 25.6. The molecular formula is C29H37N5O4. The number of benzene rings is 1. The third kappa shape index (κ3) is 6.92. The summed E-state index contributed by atoms with van der Waals surface area (Å²) in [5, 5.41) is 3.47. The Morgan fingerprint density at radius 3 is 2.71 bits per heavy atom. The number of piperazine rings is 1. The Hall–Kier alpha value is -3.85. The number of ether oxygens (including phenoxy) is 3. The van der Waals surface area contributed by atoms with Gasteiger partial charge in [-0.15, -0.1) is 0 Å². The van der Waals surface area contributed by atoms with Crippen molar-refractivity contribution in [2.45, 2.75) is 32.9 Å². The van der Waals surface area contributed by atoms with Gasteiger partial charge in [-0.2, -0.15) is 0 Å². The molecule has 1 saturated heterocycles. The van der Waals surface area contributed by atoms with Gasteiger partial charge in [0.2, 0.25) is 11.8 Å². The van der Waals surface area contributed by atoms with Crippen LogP contribution in [0.1, 0.15) is 25.8 Å². The van der Waals surface area contributed by atoms with E-state index in [1.54, 1.807) is 13.2 Å². The molecule has 1 N–H and O–H groups in total. The van der Waals surface area contributed by atoms with Gasteiger partial charge in [-0.05, 0) is 43.2 Å². The first-order valence-corrected chi connectivity index (χ1v) is 13.2. The summed E-state index contributed by atoms with van der Waals surface area (Å²) in [6, 6.07) is 17.8. The first-order valence-electron chi connectivity index (χ1n) is 13.2. The highest BCUT2D eigenvalue weighted by Crippen LogP contribution is 2.34. The second-order valence-electron chi connectivity index (χ2n) is 9.08. The first kappa shape index (κ1) is 27.2. The van der Waals surface area contributed by atoms with Crippen LogP contribution in [0.2, 0.25) is 0 Å². The van der Waals surface area contributed by atoms with Crippen LogP contribution in [-0.4, -0.2) is 73.4 Å². The number of carbonyl (C=O) groups is 1. The van der Waals surface area contributed by atoms with Crippen LogP contribution in [0.5, 0.6) is 11.8 Å². The van der Waals surface area contributed by atoms with E-state index in [1.165, 1.54) is 4.90 Å². The monoisotopic (exact) mass is 519 g/mol. The lowest BCUT2D eigenvalue weighted by Crippen LogP contribution is -2.51. The van der Waals surface area contributed by atoms with Crippen molar-refractivity contribution in [1.82, 2.24) is 20.2 Å². The number of aromatic nitrogens is 2. The largest absolute Gasteiger partial charge is 0.477 e. The van der Waals surface area contributed by atoms with Gasteiger partial charge in [0.05, 0.1) is 24.4 Å². The molecule has 1 amide bonds. The van der Waals surface area contributed by atoms with E-state index in [1.807, 2.05) is 55.5 Å². The molecule has 0 aliphatic carbocycles. The number of hydrogen-bond donors (Lipinski definition) is 1. The third-order valence-electron chi connectivity index (χ3n) is 6.48. The molecule has 4 rings (SSSR count). The van der Waals surface area contributed by atoms with Crippen molar-refractivity contribution >= 4 is 11.8 Å². The zero-order valence-electron chi connectivity index (χ0n) is 22.4. The van der Waals surface area contributed by atoms with Crippen LogP contribution in [0.3, 0.4) is 0 Å². The molecule has 3 aromatic rings. The molecule has 0 bridgehead atoms. The maximum atomic E-state index is 12.5. The average molecular weight is 520 g/mol. The predicted octanol–water partition coefficient (Wildman–Crippen LogP) is 4.38. The Kier molecular flexibility index (Phi) is 9.75. The number of likely N-dealkylation sites (N-methyl/N-ethyl adjacent to an activating group) is 1. The molecular weight excluding hydrogens is 482 g/mol. The number of carbonyl (C=O) groups excluding carboxylic acids is 1. The fourth-order valence-electron chi connectivity index (χ4n) is 4.39. The minimum Gasteiger partial charge on any atom is -0.477 e. The van der Waals surface area contributed by atoms with Crippen LogP contribution in [0.15, 0.2) is 60.8 Å². The number of pyridine rings is 2. The number of anilines is 1. The second-order valence-corrected chi connectivity index (χ2v) is 9.08. The average Bonchev–Trinajstić information content (AvgIpc) is 2.97. The normalized spacial score (nSPS) is 15.1. The van der Waals surface area contributed by atoms with Crippen molar-refractivity contribution in [2.24, 2.45) is 0 Å². The maximum Gasteiger partial charge on any atom is 0.409 e. The number of nitrogens with one attached hydrogen (secondary N) is 1. The summed E-state index contributed by atoms with van der Waals surface area (Å²) in [5.41, 5.74) is 3.41. The summed E-state index contributed by atoms with van der Waals surface area (Å²) in [6.45, 7) is 8.15. The number of rotatable bonds is 11. The molecule has 0 saturated carbocycles. The summed E-state index contributed by atoms with van der Waals surface area (Å²) < 4.78 is 17.4. The molecule has 0 unspecified atom stereocenters. The Labute approximate surface area is 224 Å². The summed E-state index contributed by atoms with van der Waals surface area (Å²) >= 11 is 0. The summed E-state index contributed by atoms with van der Waals surface area (Å²) in [5.74, 6) is 1.07. The molecule has 1 aliphatic rings. The summed E-state index contributed by atoms with van der Waals surface area (Å²) in [6.07, 6.45) is 2.31. The lowest BCUT2D eigenvalue weighted by molar-refractivity contribution is 0.0992. The molecule has 0 spiro atoms. The first-order chi connectivity index (χ1) is 18.6. The van der Waals surface area contributed by atoms with Gasteiger partial charge in [-0.3, -0.25) is 0 Å². The van der Waals surface area contributed by atoms with E-state index in [0.29, 0.717) is 31.0 Å². The van der Waals surface area contributed by atoms with Gasteiger partial charge in [0.1, 0.15) is 18.9 Å². The van der Waals surface area contributed by atoms with Crippen molar-refractivity contribution in [3.05, 3.63) is 66.4 Å². The van der Waals surface area contributed by atoms with Crippen LogP contribution in [-0.2, 0) is 11.3 Å². The number of nitrogens with zero attached hydrogens (tertiary/aromatic N) is 4. The fourth-order valence-corrected chi connectivity index (χ4v) is 4.39. The van der Waals surface area contributed by atoms with Crippen molar-refractivity contribution < 1.29 is 19.0 Å². The highest BCUT2D eigenvalue weighted by molar-refractivity contribution is 5.69. The van der Waals surface area contributed by atoms with Gasteiger partial charge < -0.3 is 29.3 Å². The molecule has 1 atom stereocenters. The van der Waals surface area contributed by atoms with Crippen LogP contribution < -0.4 is 19.7 Å². The quantitative estimate of drug-likeness (QED) is 0.399. The second kappa shape index (κ2) is 13.6. The van der Waals surface area contributed by atoms with Crippen molar-refractivity contribution in [3.8, 4) is 23.0 Å². The standard InChI is InChI=1S/C29H37N5O4/c1-4-23-20-30-16-17-34(23)26-14-13-25(24-12-9-15-31-27(24)36-5-2)32-28(26)37-19-18-33(3)29(35)38-21-22-10-7-6-8-11-22/h6-15,23,30H,4-5,16-21H2,1-3H3/t23-/m1/s1. The van der Waals surface area contributed by atoms with Crippen LogP contribution >= 0.6 is 0 Å². The Balaban J connectivity index is 1.49. The zero-order valence-corrected chi connectivity index (χ0v) is 22.4. The van der Waals surface area contributed by atoms with Crippen molar-refractivity contribution in [3.63, 3.8) is 0 Å². The van der Waals surface area contributed by atoms with Gasteiger partial charge in [-0.1, -0.05) is 37.3 Å². The molecule has 38 heavy (non-hydrogen) atoms. The molecule has 2 aromatic heterocycles. The van der Waals surface area contributed by atoms with Crippen molar-refractivity contribution in [1.29, 1.82) is 0 Å². The topological polar surface area (TPSA) is 89.1 Å². The Morgan fingerprint density at radius 1 is 1.08 bits per heavy atom. The van der Waals surface area contributed by atoms with E-state index < -0.39 is 6.09 Å². The lowest BCUT2D eigenvalue weighted by atomic mass is 10.1. The number of hydrogen-bond acceptors (Lipinski definition) is 8. The molecule has 1 aliphatic heterocycles. The number of amides is 1. The van der Waals surface area contributed by atoms with Gasteiger partial charge in [0.25, 0.3) is 0 Å². The van der Waals surface area contributed by atoms with Crippen molar-refractivity contribution in [2.75, 3.05) is 51.3 Å². The molecule has 9 nitrogen and oxygen atoms in total. The Bertz CT molecular complexity index is 1180. The van der Waals surface area contributed by atoms with Gasteiger partial charge in [0, 0.05) is 38.9 Å². The van der Waals surface area contributed by atoms with E-state index >= 15 is 0 Å².